The van der Waals surface area contributed by atoms with Gasteiger partial charge in [-0.2, -0.15) is 0 Å². The number of hydrogen-bond acceptors (Lipinski definition) is 1. The Balaban J connectivity index is 1.86. The Labute approximate surface area is 156 Å². The highest BCUT2D eigenvalue weighted by atomic mass is 28.3. The van der Waals surface area contributed by atoms with E-state index in [1.807, 2.05) is 0 Å². The Bertz CT molecular complexity index is 1010. The fraction of sp³-hybridized carbons (Fsp3) is 0.0833. The van der Waals surface area contributed by atoms with Crippen LogP contribution in [0.5, 0.6) is 5.75 Å². The average molecular weight is 354 g/mol. The van der Waals surface area contributed by atoms with Crippen LogP contribution in [0.15, 0.2) is 91.0 Å². The first-order valence-corrected chi connectivity index (χ1v) is 10.3. The van der Waals surface area contributed by atoms with E-state index in [4.69, 9.17) is 4.43 Å². The summed E-state index contributed by atoms with van der Waals surface area (Å²) in [5.74, 6) is 0.952. The molecule has 4 aromatic carbocycles. The molecule has 1 radical (unpaired) electrons. The maximum absolute atomic E-state index is 6.66. The van der Waals surface area contributed by atoms with Gasteiger partial charge in [-0.05, 0) is 58.3 Å². The van der Waals surface area contributed by atoms with Crippen LogP contribution in [0.3, 0.4) is 0 Å². The van der Waals surface area contributed by atoms with Crippen molar-refractivity contribution in [1.29, 1.82) is 0 Å². The zero-order valence-electron chi connectivity index (χ0n) is 15.1. The van der Waals surface area contributed by atoms with Crippen molar-refractivity contribution in [2.45, 2.75) is 13.8 Å². The molecule has 127 valence electrons. The zero-order chi connectivity index (χ0) is 17.9. The molecule has 0 aliphatic rings. The molecule has 0 N–H and O–H groups in total. The minimum absolute atomic E-state index is 0.952. The van der Waals surface area contributed by atoms with Crippen molar-refractivity contribution >= 4 is 30.2 Å². The summed E-state index contributed by atoms with van der Waals surface area (Å²) < 4.78 is 6.66. The molecule has 0 spiro atoms. The van der Waals surface area contributed by atoms with Crippen molar-refractivity contribution in [2.75, 3.05) is 0 Å². The third-order valence-corrected chi connectivity index (χ3v) is 6.71. The molecule has 26 heavy (non-hydrogen) atoms. The highest BCUT2D eigenvalue weighted by Gasteiger charge is 2.23. The first-order valence-electron chi connectivity index (χ1n) is 8.87. The summed E-state index contributed by atoms with van der Waals surface area (Å²) in [6, 6.07) is 32.1. The molecule has 0 aliphatic carbocycles. The van der Waals surface area contributed by atoms with E-state index < -0.39 is 9.04 Å². The molecule has 0 aliphatic heterocycles. The first kappa shape index (κ1) is 16.6. The normalized spacial score (nSPS) is 11.0. The van der Waals surface area contributed by atoms with Crippen molar-refractivity contribution in [3.63, 3.8) is 0 Å². The minimum Gasteiger partial charge on any atom is -0.533 e. The lowest BCUT2D eigenvalue weighted by molar-refractivity contribution is 0.591. The SMILES string of the molecule is Cc1cc(C)cc(O[Si](c2ccccc2)c2cccc3ccccc23)c1. The predicted molar refractivity (Wildman–Crippen MR) is 112 cm³/mol. The van der Waals surface area contributed by atoms with Crippen molar-refractivity contribution in [3.05, 3.63) is 102 Å². The van der Waals surface area contributed by atoms with Crippen molar-refractivity contribution in [1.82, 2.24) is 0 Å². The molecular weight excluding hydrogens is 332 g/mol. The van der Waals surface area contributed by atoms with E-state index in [-0.39, 0.29) is 0 Å². The summed E-state index contributed by atoms with van der Waals surface area (Å²) in [6.45, 7) is 4.24. The molecule has 0 saturated carbocycles. The molecule has 0 bridgehead atoms. The maximum atomic E-state index is 6.66. The summed E-state index contributed by atoms with van der Waals surface area (Å²) in [5, 5.41) is 5.08. The number of aryl methyl sites for hydroxylation is 2. The van der Waals surface area contributed by atoms with Gasteiger partial charge in [-0.15, -0.1) is 0 Å². The second-order valence-electron chi connectivity index (χ2n) is 6.65. The molecule has 0 unspecified atom stereocenters. The van der Waals surface area contributed by atoms with Gasteiger partial charge in [0.15, 0.2) is 0 Å². The van der Waals surface area contributed by atoms with Crippen LogP contribution in [0.2, 0.25) is 0 Å². The van der Waals surface area contributed by atoms with Crippen LogP contribution in [0.25, 0.3) is 10.8 Å². The van der Waals surface area contributed by atoms with Crippen LogP contribution in [0.4, 0.5) is 0 Å². The Hall–Kier alpha value is -2.84. The van der Waals surface area contributed by atoms with Crippen LogP contribution >= 0.6 is 0 Å². The third kappa shape index (κ3) is 3.42. The molecule has 2 heteroatoms. The minimum atomic E-state index is -1.41. The van der Waals surface area contributed by atoms with Gasteiger partial charge >= 0.3 is 9.04 Å². The molecular formula is C24H21OSi. The van der Waals surface area contributed by atoms with Crippen LogP contribution in [-0.2, 0) is 0 Å². The van der Waals surface area contributed by atoms with Crippen molar-refractivity contribution < 1.29 is 4.43 Å². The van der Waals surface area contributed by atoms with Crippen molar-refractivity contribution in [3.8, 4) is 5.75 Å². The van der Waals surface area contributed by atoms with Gasteiger partial charge < -0.3 is 4.43 Å². The maximum Gasteiger partial charge on any atom is 0.353 e. The van der Waals surface area contributed by atoms with Gasteiger partial charge in [-0.25, -0.2) is 0 Å². The quantitative estimate of drug-likeness (QED) is 0.486. The molecule has 0 saturated heterocycles. The molecule has 0 fully saturated rings. The largest absolute Gasteiger partial charge is 0.533 e. The van der Waals surface area contributed by atoms with Crippen LogP contribution in [0.1, 0.15) is 11.1 Å². The highest BCUT2D eigenvalue weighted by molar-refractivity contribution is 6.82. The van der Waals surface area contributed by atoms with E-state index in [1.54, 1.807) is 0 Å². The highest BCUT2D eigenvalue weighted by Crippen LogP contribution is 2.18. The molecule has 0 atom stereocenters. The fourth-order valence-electron chi connectivity index (χ4n) is 3.39. The Kier molecular flexibility index (Phi) is 4.59. The number of rotatable bonds is 4. The number of benzene rings is 4. The summed E-state index contributed by atoms with van der Waals surface area (Å²) in [6.07, 6.45) is 0. The van der Waals surface area contributed by atoms with Gasteiger partial charge in [0.05, 0.1) is 0 Å². The zero-order valence-corrected chi connectivity index (χ0v) is 16.1. The van der Waals surface area contributed by atoms with Gasteiger partial charge in [0, 0.05) is 0 Å². The van der Waals surface area contributed by atoms with Crippen LogP contribution < -0.4 is 14.8 Å². The predicted octanol–water partition coefficient (Wildman–Crippen LogP) is 4.64. The summed E-state index contributed by atoms with van der Waals surface area (Å²) in [4.78, 5) is 0. The average Bonchev–Trinajstić information content (AvgIpc) is 2.66. The van der Waals surface area contributed by atoms with Crippen LogP contribution in [-0.4, -0.2) is 9.04 Å². The monoisotopic (exact) mass is 353 g/mol. The Morgan fingerprint density at radius 2 is 1.31 bits per heavy atom. The van der Waals surface area contributed by atoms with E-state index in [2.05, 4.69) is 105 Å². The lowest BCUT2D eigenvalue weighted by Gasteiger charge is -2.20. The Morgan fingerprint density at radius 1 is 0.654 bits per heavy atom. The molecule has 1 nitrogen and oxygen atoms in total. The lowest BCUT2D eigenvalue weighted by atomic mass is 10.1. The van der Waals surface area contributed by atoms with Gasteiger partial charge in [-0.1, -0.05) is 78.9 Å². The van der Waals surface area contributed by atoms with E-state index >= 15 is 0 Å². The first-order chi connectivity index (χ1) is 12.7. The molecule has 4 rings (SSSR count). The second-order valence-corrected chi connectivity index (χ2v) is 8.63. The van der Waals surface area contributed by atoms with Gasteiger partial charge in [0.25, 0.3) is 0 Å². The standard InChI is InChI=1S/C24H21OSi/c1-18-15-19(2)17-21(16-18)25-26(22-11-4-3-5-12-22)24-14-8-10-20-9-6-7-13-23(20)24/h3-17H,1-2H3. The summed E-state index contributed by atoms with van der Waals surface area (Å²) >= 11 is 0. The Morgan fingerprint density at radius 3 is 2.08 bits per heavy atom. The van der Waals surface area contributed by atoms with Crippen molar-refractivity contribution in [2.24, 2.45) is 0 Å². The van der Waals surface area contributed by atoms with E-state index in [0.717, 1.165) is 5.75 Å². The number of hydrogen-bond donors (Lipinski definition) is 0. The fourth-order valence-corrected chi connectivity index (χ4v) is 5.50. The van der Waals surface area contributed by atoms with Gasteiger partial charge in [-0.3, -0.25) is 0 Å². The van der Waals surface area contributed by atoms with Gasteiger partial charge in [0.2, 0.25) is 0 Å². The van der Waals surface area contributed by atoms with E-state index in [9.17, 15) is 0 Å². The molecule has 0 heterocycles. The smallest absolute Gasteiger partial charge is 0.353 e. The third-order valence-electron chi connectivity index (χ3n) is 4.49. The lowest BCUT2D eigenvalue weighted by Crippen LogP contribution is -2.47. The second kappa shape index (κ2) is 7.18. The topological polar surface area (TPSA) is 9.23 Å². The number of fused-ring (bicyclic) bond motifs is 1. The van der Waals surface area contributed by atoms with Crippen LogP contribution in [0, 0.1) is 13.8 Å². The van der Waals surface area contributed by atoms with E-state index in [1.165, 1.54) is 32.3 Å². The van der Waals surface area contributed by atoms with E-state index in [0.29, 0.717) is 0 Å². The molecule has 4 aromatic rings. The summed E-state index contributed by atoms with van der Waals surface area (Å²) in [7, 11) is -1.41. The molecule has 0 aromatic heterocycles. The molecule has 0 amide bonds. The summed E-state index contributed by atoms with van der Waals surface area (Å²) in [5.41, 5.74) is 2.46. The van der Waals surface area contributed by atoms with Gasteiger partial charge in [0.1, 0.15) is 5.75 Å².